The van der Waals surface area contributed by atoms with E-state index >= 15 is 0 Å². The quantitative estimate of drug-likeness (QED) is 0.350. The highest BCUT2D eigenvalue weighted by Gasteiger charge is 2.37. The maximum Gasteiger partial charge on any atom is 0.341 e. The van der Waals surface area contributed by atoms with Crippen LogP contribution in [0.15, 0.2) is 48.6 Å². The Morgan fingerprint density at radius 3 is 2.38 bits per heavy atom. The average Bonchev–Trinajstić information content (AvgIpc) is 2.74. The van der Waals surface area contributed by atoms with Crippen molar-refractivity contribution in [3.8, 4) is 11.5 Å². The number of rotatable bonds is 8. The molecule has 2 N–H and O–H groups in total. The summed E-state index contributed by atoms with van der Waals surface area (Å²) in [6, 6.07) is 7.56. The molecule has 1 aliphatic heterocycles. The number of aliphatic carboxylic acids is 1. The number of carbonyl (C=O) groups excluding carboxylic acids is 3. The zero-order valence-corrected chi connectivity index (χ0v) is 19.0. The van der Waals surface area contributed by atoms with Crippen LogP contribution in [0.3, 0.4) is 0 Å². The zero-order chi connectivity index (χ0) is 25.0. The molecule has 3 rings (SSSR count). The van der Waals surface area contributed by atoms with Crippen molar-refractivity contribution >= 4 is 35.6 Å². The predicted molar refractivity (Wildman–Crippen MR) is 125 cm³/mol. The fourth-order valence-corrected chi connectivity index (χ4v) is 3.66. The minimum Gasteiger partial charge on any atom is -0.493 e. The zero-order valence-electron chi connectivity index (χ0n) is 19.0. The fraction of sp³-hybridized carbons (Fsp3) is 0.200. The van der Waals surface area contributed by atoms with Crippen LogP contribution in [0.25, 0.3) is 6.08 Å². The third kappa shape index (κ3) is 5.15. The summed E-state index contributed by atoms with van der Waals surface area (Å²) in [5.41, 5.74) is 2.78. The van der Waals surface area contributed by atoms with Gasteiger partial charge in [0.25, 0.3) is 11.8 Å². The number of barbiturate groups is 1. The molecule has 176 valence electrons. The van der Waals surface area contributed by atoms with Gasteiger partial charge < -0.3 is 14.6 Å². The Labute approximate surface area is 196 Å². The number of carboxylic acids is 1. The highest BCUT2D eigenvalue weighted by Crippen LogP contribution is 2.35. The summed E-state index contributed by atoms with van der Waals surface area (Å²) < 4.78 is 10.7. The molecule has 1 saturated heterocycles. The fourth-order valence-electron chi connectivity index (χ4n) is 3.66. The first kappa shape index (κ1) is 24.2. The lowest BCUT2D eigenvalue weighted by Gasteiger charge is -2.27. The molecule has 1 aliphatic rings. The molecule has 1 fully saturated rings. The van der Waals surface area contributed by atoms with Gasteiger partial charge in [-0.15, -0.1) is 6.58 Å². The van der Waals surface area contributed by atoms with Crippen LogP contribution >= 0.6 is 0 Å². The van der Waals surface area contributed by atoms with Crippen molar-refractivity contribution in [1.29, 1.82) is 0 Å². The predicted octanol–water partition coefficient (Wildman–Crippen LogP) is 3.17. The molecule has 34 heavy (non-hydrogen) atoms. The lowest BCUT2D eigenvalue weighted by atomic mass is 10.0. The smallest absolute Gasteiger partial charge is 0.341 e. The van der Waals surface area contributed by atoms with Crippen molar-refractivity contribution in [2.75, 3.05) is 18.6 Å². The highest BCUT2D eigenvalue weighted by molar-refractivity contribution is 6.39. The Hall–Kier alpha value is -4.40. The molecule has 0 atom stereocenters. The first-order valence-corrected chi connectivity index (χ1v) is 10.3. The molecule has 2 aromatic rings. The van der Waals surface area contributed by atoms with Gasteiger partial charge in [0.15, 0.2) is 18.1 Å². The molecule has 0 radical (unpaired) electrons. The number of hydrogen-bond acceptors (Lipinski definition) is 6. The molecule has 9 heteroatoms. The third-order valence-corrected chi connectivity index (χ3v) is 4.96. The molecule has 1 heterocycles. The monoisotopic (exact) mass is 464 g/mol. The van der Waals surface area contributed by atoms with E-state index in [0.29, 0.717) is 23.2 Å². The summed E-state index contributed by atoms with van der Waals surface area (Å²) in [5.74, 6) is -2.31. The summed E-state index contributed by atoms with van der Waals surface area (Å²) in [6.07, 6.45) is 3.25. The van der Waals surface area contributed by atoms with Gasteiger partial charge in [0.2, 0.25) is 0 Å². The Balaban J connectivity index is 2.07. The van der Waals surface area contributed by atoms with Gasteiger partial charge >= 0.3 is 12.0 Å². The van der Waals surface area contributed by atoms with Crippen molar-refractivity contribution in [3.63, 3.8) is 0 Å². The van der Waals surface area contributed by atoms with Gasteiger partial charge in [-0.3, -0.25) is 14.9 Å². The van der Waals surface area contributed by atoms with Gasteiger partial charge in [-0.05, 0) is 67.3 Å². The number of allylic oxidation sites excluding steroid dienone is 1. The lowest BCUT2D eigenvalue weighted by molar-refractivity contribution is -0.139. The number of urea groups is 1. The van der Waals surface area contributed by atoms with Crippen LogP contribution in [0.1, 0.15) is 22.3 Å². The van der Waals surface area contributed by atoms with E-state index in [1.54, 1.807) is 24.3 Å². The Morgan fingerprint density at radius 1 is 1.12 bits per heavy atom. The second kappa shape index (κ2) is 10.0. The van der Waals surface area contributed by atoms with Gasteiger partial charge in [-0.25, -0.2) is 14.5 Å². The molecule has 0 aliphatic carbocycles. The number of methoxy groups -OCH3 is 1. The number of anilines is 1. The van der Waals surface area contributed by atoms with E-state index in [4.69, 9.17) is 14.6 Å². The molecule has 9 nitrogen and oxygen atoms in total. The molecular weight excluding hydrogens is 440 g/mol. The van der Waals surface area contributed by atoms with Crippen LogP contribution in [0.2, 0.25) is 0 Å². The molecule has 0 bridgehead atoms. The average molecular weight is 464 g/mol. The number of ether oxygens (including phenoxy) is 2. The number of carbonyl (C=O) groups is 4. The van der Waals surface area contributed by atoms with Crippen molar-refractivity contribution in [3.05, 3.63) is 70.8 Å². The van der Waals surface area contributed by atoms with Crippen molar-refractivity contribution < 1.29 is 33.8 Å². The first-order valence-electron chi connectivity index (χ1n) is 10.3. The number of carboxylic acid groups (broad SMARTS) is 1. The molecule has 0 saturated carbocycles. The summed E-state index contributed by atoms with van der Waals surface area (Å²) in [4.78, 5) is 50.1. The van der Waals surface area contributed by atoms with E-state index in [-0.39, 0.29) is 17.1 Å². The van der Waals surface area contributed by atoms with Crippen LogP contribution in [0.4, 0.5) is 10.5 Å². The van der Waals surface area contributed by atoms with Crippen molar-refractivity contribution in [1.82, 2.24) is 5.32 Å². The molecule has 0 aromatic heterocycles. The van der Waals surface area contributed by atoms with Crippen LogP contribution in [0.5, 0.6) is 11.5 Å². The second-order valence-electron chi connectivity index (χ2n) is 7.69. The molecule has 2 aromatic carbocycles. The Bertz CT molecular complexity index is 1210. The maximum absolute atomic E-state index is 13.2. The van der Waals surface area contributed by atoms with Gasteiger partial charge in [0.1, 0.15) is 5.57 Å². The van der Waals surface area contributed by atoms with Crippen LogP contribution in [0, 0.1) is 13.8 Å². The number of aryl methyl sites for hydroxylation is 2. The molecule has 0 spiro atoms. The molecular formula is C25H24N2O7. The van der Waals surface area contributed by atoms with E-state index in [9.17, 15) is 19.2 Å². The number of nitrogens with zero attached hydrogens (tertiary/aromatic N) is 1. The van der Waals surface area contributed by atoms with Gasteiger partial charge in [-0.2, -0.15) is 0 Å². The number of amides is 4. The van der Waals surface area contributed by atoms with Crippen molar-refractivity contribution in [2.24, 2.45) is 0 Å². The topological polar surface area (TPSA) is 122 Å². The SMILES string of the molecule is C=CCc1cc(/C=C2/C(=O)NC(=O)N(c3cc(C)cc(C)c3)C2=O)cc(OC)c1OCC(=O)O. The van der Waals surface area contributed by atoms with Gasteiger partial charge in [0, 0.05) is 5.56 Å². The Kier molecular flexibility index (Phi) is 7.15. The summed E-state index contributed by atoms with van der Waals surface area (Å²) >= 11 is 0. The normalized spacial score (nSPS) is 14.7. The van der Waals surface area contributed by atoms with E-state index in [2.05, 4.69) is 11.9 Å². The number of hydrogen-bond donors (Lipinski definition) is 2. The molecule has 4 amide bonds. The maximum atomic E-state index is 13.2. The second-order valence-corrected chi connectivity index (χ2v) is 7.69. The summed E-state index contributed by atoms with van der Waals surface area (Å²) in [5, 5.41) is 11.2. The van der Waals surface area contributed by atoms with E-state index < -0.39 is 30.4 Å². The van der Waals surface area contributed by atoms with E-state index in [1.165, 1.54) is 19.3 Å². The van der Waals surface area contributed by atoms with E-state index in [0.717, 1.165) is 16.0 Å². The minimum atomic E-state index is -1.15. The van der Waals surface area contributed by atoms with Gasteiger partial charge in [-0.1, -0.05) is 12.1 Å². The number of nitrogens with one attached hydrogen (secondary N) is 1. The van der Waals surface area contributed by atoms with Gasteiger partial charge in [0.05, 0.1) is 12.8 Å². The first-order chi connectivity index (χ1) is 16.1. The Morgan fingerprint density at radius 2 is 1.79 bits per heavy atom. The number of imide groups is 2. The van der Waals surface area contributed by atoms with E-state index in [1.807, 2.05) is 19.9 Å². The number of benzene rings is 2. The standard InChI is InChI=1S/C25H24N2O7/c1-5-6-17-10-16(12-20(33-4)22(17)34-13-21(28)29)11-19-23(30)26-25(32)27(24(19)31)18-8-14(2)7-15(3)9-18/h5,7-12H,1,6,13H2,2-4H3,(H,28,29)(H,26,30,32)/b19-11-. The minimum absolute atomic E-state index is 0.221. The van der Waals surface area contributed by atoms with Crippen LogP contribution in [-0.2, 0) is 20.8 Å². The lowest BCUT2D eigenvalue weighted by Crippen LogP contribution is -2.54. The van der Waals surface area contributed by atoms with Crippen LogP contribution in [-0.4, -0.2) is 42.6 Å². The highest BCUT2D eigenvalue weighted by atomic mass is 16.5. The molecule has 0 unspecified atom stereocenters. The summed E-state index contributed by atoms with van der Waals surface area (Å²) in [7, 11) is 1.39. The van der Waals surface area contributed by atoms with Crippen molar-refractivity contribution in [2.45, 2.75) is 20.3 Å². The largest absolute Gasteiger partial charge is 0.493 e. The van der Waals surface area contributed by atoms with Crippen LogP contribution < -0.4 is 19.7 Å². The third-order valence-electron chi connectivity index (χ3n) is 4.96. The summed E-state index contributed by atoms with van der Waals surface area (Å²) in [6.45, 7) is 6.80.